The molecule has 1 N–H and O–H groups in total. The molecule has 0 atom stereocenters. The number of carboxylic acid groups (broad SMARTS) is 1. The molecule has 0 bridgehead atoms. The molecule has 4 rings (SSSR count). The molecule has 0 saturated carbocycles. The van der Waals surface area contributed by atoms with Crippen molar-refractivity contribution in [2.45, 2.75) is 18.8 Å². The molecule has 1 fully saturated rings. The quantitative estimate of drug-likeness (QED) is 0.750. The highest BCUT2D eigenvalue weighted by Crippen LogP contribution is 2.34. The number of hydrogen-bond donors (Lipinski definition) is 1. The second-order valence-electron chi connectivity index (χ2n) is 6.30. The fourth-order valence-corrected chi connectivity index (χ4v) is 4.38. The predicted octanol–water partition coefficient (Wildman–Crippen LogP) is 4.52. The summed E-state index contributed by atoms with van der Waals surface area (Å²) in [6.07, 6.45) is 2.00. The summed E-state index contributed by atoms with van der Waals surface area (Å²) in [6.45, 7) is 1.79. The molecular weight excluding hydrogens is 339 g/mol. The molecule has 6 heteroatoms. The van der Waals surface area contributed by atoms with Gasteiger partial charge in [0.15, 0.2) is 5.13 Å². The van der Waals surface area contributed by atoms with Crippen LogP contribution in [0.25, 0.3) is 10.2 Å². The highest BCUT2D eigenvalue weighted by molar-refractivity contribution is 7.22. The Morgan fingerprint density at radius 2 is 1.88 bits per heavy atom. The van der Waals surface area contributed by atoms with Gasteiger partial charge in [-0.1, -0.05) is 23.5 Å². The number of piperidine rings is 1. The monoisotopic (exact) mass is 356 g/mol. The number of nitrogens with zero attached hydrogens (tertiary/aromatic N) is 2. The number of hydrogen-bond acceptors (Lipinski definition) is 4. The van der Waals surface area contributed by atoms with Gasteiger partial charge in [0.05, 0.1) is 15.8 Å². The van der Waals surface area contributed by atoms with E-state index in [0.717, 1.165) is 41.3 Å². The van der Waals surface area contributed by atoms with E-state index >= 15 is 0 Å². The Kier molecular flexibility index (Phi) is 4.13. The van der Waals surface area contributed by atoms with Gasteiger partial charge in [0.25, 0.3) is 0 Å². The van der Waals surface area contributed by atoms with Gasteiger partial charge in [-0.05, 0) is 54.7 Å². The second kappa shape index (κ2) is 6.44. The van der Waals surface area contributed by atoms with E-state index in [1.165, 1.54) is 29.0 Å². The smallest absolute Gasteiger partial charge is 0.335 e. The Labute approximate surface area is 148 Å². The van der Waals surface area contributed by atoms with Crippen LogP contribution in [0.5, 0.6) is 0 Å². The minimum atomic E-state index is -0.919. The third-order valence-electron chi connectivity index (χ3n) is 4.73. The van der Waals surface area contributed by atoms with Crippen LogP contribution >= 0.6 is 11.3 Å². The SMILES string of the molecule is O=C(O)c1ccc2nc(N3CCC(c4ccc(F)cc4)CC3)sc2c1. The van der Waals surface area contributed by atoms with E-state index in [9.17, 15) is 9.18 Å². The van der Waals surface area contributed by atoms with Crippen LogP contribution in [0.2, 0.25) is 0 Å². The van der Waals surface area contributed by atoms with Gasteiger partial charge >= 0.3 is 5.97 Å². The molecule has 4 nitrogen and oxygen atoms in total. The number of aromatic carboxylic acids is 1. The summed E-state index contributed by atoms with van der Waals surface area (Å²) in [7, 11) is 0. The van der Waals surface area contributed by atoms with Crippen molar-refractivity contribution in [2.24, 2.45) is 0 Å². The van der Waals surface area contributed by atoms with Crippen molar-refractivity contribution < 1.29 is 14.3 Å². The highest BCUT2D eigenvalue weighted by Gasteiger charge is 2.23. The van der Waals surface area contributed by atoms with Gasteiger partial charge in [-0.3, -0.25) is 0 Å². The lowest BCUT2D eigenvalue weighted by molar-refractivity contribution is 0.0697. The van der Waals surface area contributed by atoms with Crippen molar-refractivity contribution in [3.63, 3.8) is 0 Å². The standard InChI is InChI=1S/C19H17FN2O2S/c20-15-4-1-12(2-5-15)13-7-9-22(10-8-13)19-21-16-6-3-14(18(23)24)11-17(16)25-19/h1-6,11,13H,7-10H2,(H,23,24). The van der Waals surface area contributed by atoms with Crippen molar-refractivity contribution in [2.75, 3.05) is 18.0 Å². The van der Waals surface area contributed by atoms with Crippen LogP contribution in [-0.2, 0) is 0 Å². The number of rotatable bonds is 3. The van der Waals surface area contributed by atoms with Crippen LogP contribution < -0.4 is 4.90 Å². The molecule has 128 valence electrons. The lowest BCUT2D eigenvalue weighted by atomic mass is 9.90. The summed E-state index contributed by atoms with van der Waals surface area (Å²) in [5.41, 5.74) is 2.32. The van der Waals surface area contributed by atoms with Gasteiger partial charge in [-0.15, -0.1) is 0 Å². The van der Waals surface area contributed by atoms with Gasteiger partial charge in [0.2, 0.25) is 0 Å². The molecule has 1 saturated heterocycles. The molecule has 0 spiro atoms. The molecule has 25 heavy (non-hydrogen) atoms. The van der Waals surface area contributed by atoms with Crippen LogP contribution in [0, 0.1) is 5.82 Å². The van der Waals surface area contributed by atoms with E-state index in [-0.39, 0.29) is 11.4 Å². The largest absolute Gasteiger partial charge is 0.478 e. The first kappa shape index (κ1) is 16.0. The highest BCUT2D eigenvalue weighted by atomic mass is 32.1. The normalized spacial score (nSPS) is 15.6. The molecule has 1 aromatic heterocycles. The first-order valence-corrected chi connectivity index (χ1v) is 9.06. The third-order valence-corrected chi connectivity index (χ3v) is 5.81. The van der Waals surface area contributed by atoms with E-state index in [1.54, 1.807) is 18.2 Å². The maximum absolute atomic E-state index is 13.1. The predicted molar refractivity (Wildman–Crippen MR) is 97.2 cm³/mol. The first-order chi connectivity index (χ1) is 12.1. The van der Waals surface area contributed by atoms with Crippen molar-refractivity contribution in [3.8, 4) is 0 Å². The van der Waals surface area contributed by atoms with E-state index in [0.29, 0.717) is 5.92 Å². The summed E-state index contributed by atoms with van der Waals surface area (Å²) >= 11 is 1.54. The van der Waals surface area contributed by atoms with Gasteiger partial charge in [-0.2, -0.15) is 0 Å². The summed E-state index contributed by atoms with van der Waals surface area (Å²) < 4.78 is 14.0. The summed E-state index contributed by atoms with van der Waals surface area (Å²) in [6, 6.07) is 11.8. The van der Waals surface area contributed by atoms with Gasteiger partial charge in [0.1, 0.15) is 5.82 Å². The van der Waals surface area contributed by atoms with Crippen LogP contribution in [0.4, 0.5) is 9.52 Å². The van der Waals surface area contributed by atoms with Gasteiger partial charge < -0.3 is 10.0 Å². The molecule has 0 aliphatic carbocycles. The number of carboxylic acids is 1. The number of halogens is 1. The third kappa shape index (κ3) is 3.22. The van der Waals surface area contributed by atoms with Crippen LogP contribution in [0.3, 0.4) is 0 Å². The second-order valence-corrected chi connectivity index (χ2v) is 7.31. The maximum Gasteiger partial charge on any atom is 0.335 e. The van der Waals surface area contributed by atoms with Crippen LogP contribution in [0.15, 0.2) is 42.5 Å². The Bertz CT molecular complexity index is 915. The lowest BCUT2D eigenvalue weighted by Crippen LogP contribution is -2.32. The molecule has 0 radical (unpaired) electrons. The molecule has 0 unspecified atom stereocenters. The van der Waals surface area contributed by atoms with E-state index < -0.39 is 5.97 Å². The van der Waals surface area contributed by atoms with Crippen LogP contribution in [-0.4, -0.2) is 29.1 Å². The van der Waals surface area contributed by atoms with E-state index in [4.69, 9.17) is 5.11 Å². The topological polar surface area (TPSA) is 53.4 Å². The number of benzene rings is 2. The minimum absolute atomic E-state index is 0.198. The Morgan fingerprint density at radius 1 is 1.16 bits per heavy atom. The van der Waals surface area contributed by atoms with Gasteiger partial charge in [0, 0.05) is 13.1 Å². The zero-order valence-corrected chi connectivity index (χ0v) is 14.3. The molecular formula is C19H17FN2O2S. The number of fused-ring (bicyclic) bond motifs is 1. The summed E-state index contributed by atoms with van der Waals surface area (Å²) in [5.74, 6) is -0.668. The molecule has 3 aromatic rings. The fourth-order valence-electron chi connectivity index (χ4n) is 3.32. The molecule has 0 amide bonds. The van der Waals surface area contributed by atoms with E-state index in [2.05, 4.69) is 9.88 Å². The fraction of sp³-hybridized carbons (Fsp3) is 0.263. The van der Waals surface area contributed by atoms with Gasteiger partial charge in [-0.25, -0.2) is 14.2 Å². The van der Waals surface area contributed by atoms with Crippen molar-refractivity contribution in [1.29, 1.82) is 0 Å². The van der Waals surface area contributed by atoms with Crippen molar-refractivity contribution in [3.05, 3.63) is 59.4 Å². The number of aromatic nitrogens is 1. The zero-order chi connectivity index (χ0) is 17.4. The summed E-state index contributed by atoms with van der Waals surface area (Å²) in [4.78, 5) is 18.0. The average Bonchev–Trinajstić information content (AvgIpc) is 3.05. The van der Waals surface area contributed by atoms with Crippen LogP contribution in [0.1, 0.15) is 34.7 Å². The Hall–Kier alpha value is -2.47. The maximum atomic E-state index is 13.1. The first-order valence-electron chi connectivity index (χ1n) is 8.24. The Morgan fingerprint density at radius 3 is 2.56 bits per heavy atom. The number of thiazole rings is 1. The Balaban J connectivity index is 1.49. The zero-order valence-electron chi connectivity index (χ0n) is 13.5. The molecule has 2 heterocycles. The summed E-state index contributed by atoms with van der Waals surface area (Å²) in [5, 5.41) is 10.0. The van der Waals surface area contributed by atoms with E-state index in [1.807, 2.05) is 12.1 Å². The molecule has 1 aliphatic heterocycles. The van der Waals surface area contributed by atoms with Crippen molar-refractivity contribution in [1.82, 2.24) is 4.98 Å². The lowest BCUT2D eigenvalue weighted by Gasteiger charge is -2.32. The molecule has 2 aromatic carbocycles. The number of carbonyl (C=O) groups is 1. The minimum Gasteiger partial charge on any atom is -0.478 e. The van der Waals surface area contributed by atoms with Crippen molar-refractivity contribution >= 4 is 32.7 Å². The average molecular weight is 356 g/mol. The molecule has 1 aliphatic rings. The number of anilines is 1.